The second-order valence-corrected chi connectivity index (χ2v) is 5.53. The maximum absolute atomic E-state index is 9.94. The zero-order valence-electron chi connectivity index (χ0n) is 12.0. The molecular formula is C12H22O11. The van der Waals surface area contributed by atoms with Crippen LogP contribution in [0.25, 0.3) is 0 Å². The van der Waals surface area contributed by atoms with Crippen LogP contribution in [0.1, 0.15) is 0 Å². The van der Waals surface area contributed by atoms with E-state index in [0.717, 1.165) is 0 Å². The van der Waals surface area contributed by atoms with Gasteiger partial charge in [-0.1, -0.05) is 0 Å². The van der Waals surface area contributed by atoms with E-state index in [0.29, 0.717) is 0 Å². The zero-order valence-corrected chi connectivity index (χ0v) is 12.0. The molecule has 11 heteroatoms. The van der Waals surface area contributed by atoms with Gasteiger partial charge in [0.15, 0.2) is 12.6 Å². The highest BCUT2D eigenvalue weighted by Crippen LogP contribution is 2.28. The lowest BCUT2D eigenvalue weighted by Gasteiger charge is -2.45. The van der Waals surface area contributed by atoms with Gasteiger partial charge in [-0.3, -0.25) is 0 Å². The van der Waals surface area contributed by atoms with Crippen LogP contribution in [0.3, 0.4) is 0 Å². The second-order valence-electron chi connectivity index (χ2n) is 5.53. The van der Waals surface area contributed by atoms with E-state index >= 15 is 0 Å². The van der Waals surface area contributed by atoms with E-state index in [1.165, 1.54) is 0 Å². The van der Waals surface area contributed by atoms with E-state index in [2.05, 4.69) is 0 Å². The standard InChI is InChI=1S/C12H22O11/c13-1-3-5(15)6(16)9(19)12(22-3)23-10-4(2-14)21-11(20)8(18)7(10)17/h3-20H,1-2H2/t3-,4-,5-,6+,7-,8-,9-,10-,11+,12+/m1/s1. The van der Waals surface area contributed by atoms with Crippen LogP contribution in [0, 0.1) is 0 Å². The average molecular weight is 342 g/mol. The van der Waals surface area contributed by atoms with Crippen molar-refractivity contribution in [3.8, 4) is 0 Å². The average Bonchev–Trinajstić information content (AvgIpc) is 2.55. The number of ether oxygens (including phenoxy) is 3. The molecule has 10 atom stereocenters. The number of aliphatic hydroxyl groups excluding tert-OH is 8. The van der Waals surface area contributed by atoms with Gasteiger partial charge in [0.05, 0.1) is 13.2 Å². The van der Waals surface area contributed by atoms with Gasteiger partial charge in [0, 0.05) is 0 Å². The van der Waals surface area contributed by atoms with E-state index in [1.807, 2.05) is 0 Å². The molecule has 2 aliphatic heterocycles. The van der Waals surface area contributed by atoms with Crippen LogP contribution in [-0.2, 0) is 14.2 Å². The Morgan fingerprint density at radius 3 is 1.83 bits per heavy atom. The monoisotopic (exact) mass is 342 g/mol. The van der Waals surface area contributed by atoms with Gasteiger partial charge in [-0.05, 0) is 0 Å². The smallest absolute Gasteiger partial charge is 0.187 e. The molecule has 0 radical (unpaired) electrons. The number of hydrogen-bond donors (Lipinski definition) is 8. The van der Waals surface area contributed by atoms with E-state index in [4.69, 9.17) is 19.3 Å². The third kappa shape index (κ3) is 3.65. The topological polar surface area (TPSA) is 190 Å². The summed E-state index contributed by atoms with van der Waals surface area (Å²) in [7, 11) is 0. The molecular weight excluding hydrogens is 320 g/mol. The van der Waals surface area contributed by atoms with Crippen molar-refractivity contribution in [3.63, 3.8) is 0 Å². The lowest BCUT2D eigenvalue weighted by molar-refractivity contribution is -0.355. The molecule has 0 saturated carbocycles. The number of aliphatic hydroxyl groups is 8. The van der Waals surface area contributed by atoms with Crippen molar-refractivity contribution in [3.05, 3.63) is 0 Å². The summed E-state index contributed by atoms with van der Waals surface area (Å²) in [6, 6.07) is 0. The Kier molecular flexibility index (Phi) is 6.27. The number of hydrogen-bond acceptors (Lipinski definition) is 11. The molecule has 0 spiro atoms. The summed E-state index contributed by atoms with van der Waals surface area (Å²) in [5.41, 5.74) is 0. The summed E-state index contributed by atoms with van der Waals surface area (Å²) >= 11 is 0. The molecule has 0 aliphatic carbocycles. The molecule has 8 N–H and O–H groups in total. The van der Waals surface area contributed by atoms with Gasteiger partial charge < -0.3 is 55.1 Å². The minimum absolute atomic E-state index is 0.667. The fourth-order valence-electron chi connectivity index (χ4n) is 2.57. The molecule has 0 aromatic carbocycles. The lowest BCUT2D eigenvalue weighted by Crippen LogP contribution is -2.64. The summed E-state index contributed by atoms with van der Waals surface area (Å²) in [5, 5.41) is 76.5. The molecule has 2 saturated heterocycles. The van der Waals surface area contributed by atoms with Crippen molar-refractivity contribution in [2.24, 2.45) is 0 Å². The maximum Gasteiger partial charge on any atom is 0.187 e. The molecule has 0 aromatic rings. The highest BCUT2D eigenvalue weighted by Gasteiger charge is 2.50. The Balaban J connectivity index is 2.11. The predicted octanol–water partition coefficient (Wildman–Crippen LogP) is -5.40. The summed E-state index contributed by atoms with van der Waals surface area (Å²) in [6.45, 7) is -1.35. The molecule has 11 nitrogen and oxygen atoms in total. The van der Waals surface area contributed by atoms with E-state index in [1.54, 1.807) is 0 Å². The molecule has 2 heterocycles. The third-order valence-corrected chi connectivity index (χ3v) is 3.98. The molecule has 0 aromatic heterocycles. The summed E-state index contributed by atoms with van der Waals surface area (Å²) in [4.78, 5) is 0. The Morgan fingerprint density at radius 2 is 1.26 bits per heavy atom. The molecule has 0 bridgehead atoms. The molecule has 136 valence electrons. The lowest BCUT2D eigenvalue weighted by atomic mass is 9.97. The first kappa shape index (κ1) is 18.9. The van der Waals surface area contributed by atoms with Gasteiger partial charge in [0.2, 0.25) is 0 Å². The molecule has 2 rings (SSSR count). The largest absolute Gasteiger partial charge is 0.394 e. The molecule has 2 aliphatic rings. The van der Waals surface area contributed by atoms with Crippen LogP contribution in [0.2, 0.25) is 0 Å². The summed E-state index contributed by atoms with van der Waals surface area (Å²) in [6.07, 6.45) is -15.6. The summed E-state index contributed by atoms with van der Waals surface area (Å²) < 4.78 is 15.3. The highest BCUT2D eigenvalue weighted by atomic mass is 16.7. The Morgan fingerprint density at radius 1 is 0.652 bits per heavy atom. The van der Waals surface area contributed by atoms with Crippen molar-refractivity contribution in [2.75, 3.05) is 13.2 Å². The highest BCUT2D eigenvalue weighted by molar-refractivity contribution is 4.93. The molecule has 0 unspecified atom stereocenters. The van der Waals surface area contributed by atoms with Gasteiger partial charge in [-0.15, -0.1) is 0 Å². The summed E-state index contributed by atoms with van der Waals surface area (Å²) in [5.74, 6) is 0. The maximum atomic E-state index is 9.94. The Labute approximate surface area is 130 Å². The Bertz CT molecular complexity index is 378. The van der Waals surface area contributed by atoms with E-state index in [9.17, 15) is 35.7 Å². The van der Waals surface area contributed by atoms with Crippen LogP contribution in [0.5, 0.6) is 0 Å². The van der Waals surface area contributed by atoms with Crippen molar-refractivity contribution < 1.29 is 55.1 Å². The zero-order chi connectivity index (χ0) is 17.3. The fraction of sp³-hybridized carbons (Fsp3) is 1.00. The van der Waals surface area contributed by atoms with Crippen LogP contribution in [-0.4, -0.2) is 115 Å². The SMILES string of the molecule is OC[C@H]1O[C@@H](O[C@H]2[C@H](O)[C@@H](O)[C@@H](O)O[C@@H]2CO)[C@H](O)[C@@H](O)[C@@H]1O. The first-order valence-electron chi connectivity index (χ1n) is 7.08. The first-order valence-corrected chi connectivity index (χ1v) is 7.08. The van der Waals surface area contributed by atoms with Gasteiger partial charge in [0.1, 0.15) is 48.8 Å². The minimum atomic E-state index is -1.74. The first-order chi connectivity index (χ1) is 10.8. The van der Waals surface area contributed by atoms with Gasteiger partial charge in [0.25, 0.3) is 0 Å². The van der Waals surface area contributed by atoms with Crippen molar-refractivity contribution in [1.82, 2.24) is 0 Å². The molecule has 0 amide bonds. The quantitative estimate of drug-likeness (QED) is 0.243. The van der Waals surface area contributed by atoms with E-state index in [-0.39, 0.29) is 0 Å². The third-order valence-electron chi connectivity index (χ3n) is 3.98. The van der Waals surface area contributed by atoms with E-state index < -0.39 is 74.6 Å². The van der Waals surface area contributed by atoms with Gasteiger partial charge in [-0.2, -0.15) is 0 Å². The molecule has 2 fully saturated rings. The predicted molar refractivity (Wildman–Crippen MR) is 68.6 cm³/mol. The van der Waals surface area contributed by atoms with Gasteiger partial charge >= 0.3 is 0 Å². The van der Waals surface area contributed by atoms with Crippen LogP contribution >= 0.6 is 0 Å². The van der Waals surface area contributed by atoms with Crippen molar-refractivity contribution in [2.45, 2.75) is 61.4 Å². The minimum Gasteiger partial charge on any atom is -0.394 e. The normalized spacial score (nSPS) is 51.7. The number of rotatable bonds is 4. The van der Waals surface area contributed by atoms with Crippen LogP contribution in [0.4, 0.5) is 0 Å². The molecule has 23 heavy (non-hydrogen) atoms. The van der Waals surface area contributed by atoms with Gasteiger partial charge in [-0.25, -0.2) is 0 Å². The second kappa shape index (κ2) is 7.63. The van der Waals surface area contributed by atoms with Crippen molar-refractivity contribution >= 4 is 0 Å². The fourth-order valence-corrected chi connectivity index (χ4v) is 2.57. The van der Waals surface area contributed by atoms with Crippen molar-refractivity contribution in [1.29, 1.82) is 0 Å². The van der Waals surface area contributed by atoms with Crippen LogP contribution in [0.15, 0.2) is 0 Å². The van der Waals surface area contributed by atoms with Crippen LogP contribution < -0.4 is 0 Å². The Hall–Kier alpha value is -0.440.